The lowest BCUT2D eigenvalue weighted by molar-refractivity contribution is 0.631. The maximum Gasteiger partial charge on any atom is 0.149 e. The Kier molecular flexibility index (Phi) is 2.94. The first-order valence-corrected chi connectivity index (χ1v) is 5.05. The Hall–Kier alpha value is -1.05. The van der Waals surface area contributed by atoms with Crippen LogP contribution in [0.2, 0.25) is 10.0 Å². The Morgan fingerprint density at radius 1 is 1.13 bits per heavy atom. The molecule has 0 bridgehead atoms. The fourth-order valence-electron chi connectivity index (χ4n) is 1.32. The van der Waals surface area contributed by atoms with Crippen LogP contribution in [-0.2, 0) is 0 Å². The highest BCUT2D eigenvalue weighted by Gasteiger charge is 2.08. The van der Waals surface area contributed by atoms with Crippen LogP contribution >= 0.6 is 23.2 Å². The molecule has 0 aromatic heterocycles. The summed E-state index contributed by atoms with van der Waals surface area (Å²) in [7, 11) is 0. The summed E-state index contributed by atoms with van der Waals surface area (Å²) in [4.78, 5) is 0. The zero-order chi connectivity index (χ0) is 10.8. The highest BCUT2D eigenvalue weighted by Crippen LogP contribution is 2.28. The van der Waals surface area contributed by atoms with Gasteiger partial charge in [0.1, 0.15) is 5.82 Å². The smallest absolute Gasteiger partial charge is 0.149 e. The van der Waals surface area contributed by atoms with Crippen LogP contribution in [0.5, 0.6) is 0 Å². The quantitative estimate of drug-likeness (QED) is 0.683. The van der Waals surface area contributed by atoms with Crippen molar-refractivity contribution in [1.82, 2.24) is 0 Å². The fraction of sp³-hybridized carbons (Fsp3) is 0. The van der Waals surface area contributed by atoms with Crippen molar-refractivity contribution in [3.05, 3.63) is 58.3 Å². The van der Waals surface area contributed by atoms with Crippen LogP contribution in [0.25, 0.3) is 11.1 Å². The molecule has 15 heavy (non-hydrogen) atoms. The van der Waals surface area contributed by atoms with Gasteiger partial charge in [-0.1, -0.05) is 35.3 Å². The van der Waals surface area contributed by atoms with Gasteiger partial charge in [-0.15, -0.1) is 0 Å². The van der Waals surface area contributed by atoms with Crippen molar-refractivity contribution in [1.29, 1.82) is 0 Å². The van der Waals surface area contributed by atoms with Gasteiger partial charge in [-0.05, 0) is 35.9 Å². The van der Waals surface area contributed by atoms with Crippen molar-refractivity contribution in [2.45, 2.75) is 0 Å². The number of hydrogen-bond acceptors (Lipinski definition) is 0. The lowest BCUT2D eigenvalue weighted by Crippen LogP contribution is -1.85. The molecule has 0 aliphatic carbocycles. The molecule has 2 aromatic carbocycles. The van der Waals surface area contributed by atoms with E-state index in [2.05, 4.69) is 6.07 Å². The van der Waals surface area contributed by atoms with E-state index in [1.807, 2.05) is 0 Å². The van der Waals surface area contributed by atoms with Crippen molar-refractivity contribution in [2.24, 2.45) is 0 Å². The van der Waals surface area contributed by atoms with E-state index >= 15 is 0 Å². The van der Waals surface area contributed by atoms with Gasteiger partial charge in [0.2, 0.25) is 0 Å². The molecule has 75 valence electrons. The van der Waals surface area contributed by atoms with Gasteiger partial charge in [0, 0.05) is 10.6 Å². The highest BCUT2D eigenvalue weighted by molar-refractivity contribution is 6.31. The minimum absolute atomic E-state index is 0.0625. The molecule has 0 spiro atoms. The third-order valence-corrected chi connectivity index (χ3v) is 2.53. The van der Waals surface area contributed by atoms with E-state index in [0.29, 0.717) is 16.1 Å². The predicted octanol–water partition coefficient (Wildman–Crippen LogP) is 4.60. The number of hydrogen-bond donors (Lipinski definition) is 0. The van der Waals surface area contributed by atoms with E-state index < -0.39 is 5.82 Å². The second kappa shape index (κ2) is 4.21. The predicted molar refractivity (Wildman–Crippen MR) is 60.7 cm³/mol. The summed E-state index contributed by atoms with van der Waals surface area (Å²) in [5.41, 5.74) is 1.10. The van der Waals surface area contributed by atoms with Crippen LogP contribution in [0.1, 0.15) is 0 Å². The van der Waals surface area contributed by atoms with E-state index in [4.69, 9.17) is 23.2 Å². The minimum atomic E-state index is -0.447. The molecule has 2 rings (SSSR count). The maximum absolute atomic E-state index is 13.6. The molecular weight excluding hydrogens is 234 g/mol. The monoisotopic (exact) mass is 239 g/mol. The summed E-state index contributed by atoms with van der Waals surface area (Å²) in [6.45, 7) is 0. The Morgan fingerprint density at radius 2 is 1.93 bits per heavy atom. The molecule has 0 amide bonds. The molecule has 0 heterocycles. The fourth-order valence-corrected chi connectivity index (χ4v) is 1.67. The van der Waals surface area contributed by atoms with Crippen LogP contribution in [0.4, 0.5) is 4.39 Å². The Morgan fingerprint density at radius 3 is 2.67 bits per heavy atom. The maximum atomic E-state index is 13.6. The topological polar surface area (TPSA) is 0 Å². The SMILES string of the molecule is Fc1c(Cl)c[c]cc1-c1cccc(Cl)c1. The van der Waals surface area contributed by atoms with Crippen LogP contribution < -0.4 is 0 Å². The molecule has 0 nitrogen and oxygen atoms in total. The molecule has 0 saturated heterocycles. The Balaban J connectivity index is 2.59. The normalized spacial score (nSPS) is 10.3. The van der Waals surface area contributed by atoms with E-state index in [9.17, 15) is 4.39 Å². The lowest BCUT2D eigenvalue weighted by Gasteiger charge is -2.04. The third-order valence-electron chi connectivity index (χ3n) is 2.02. The summed E-state index contributed by atoms with van der Waals surface area (Å²) in [6, 6.07) is 12.7. The summed E-state index contributed by atoms with van der Waals surface area (Å²) in [5, 5.41) is 0.624. The molecule has 0 unspecified atom stereocenters. The van der Waals surface area contributed by atoms with Gasteiger partial charge in [-0.25, -0.2) is 4.39 Å². The van der Waals surface area contributed by atoms with Crippen molar-refractivity contribution >= 4 is 23.2 Å². The number of rotatable bonds is 1. The Bertz CT molecular complexity index is 495. The molecule has 3 heteroatoms. The second-order valence-corrected chi connectivity index (χ2v) is 3.88. The lowest BCUT2D eigenvalue weighted by atomic mass is 10.1. The number of benzene rings is 2. The van der Waals surface area contributed by atoms with Crippen molar-refractivity contribution in [2.75, 3.05) is 0 Å². The van der Waals surface area contributed by atoms with Crippen LogP contribution in [0, 0.1) is 11.9 Å². The molecular formula is C12H6Cl2F. The summed E-state index contributed by atoms with van der Waals surface area (Å²) in [6.07, 6.45) is 0. The summed E-state index contributed by atoms with van der Waals surface area (Å²) < 4.78 is 13.6. The molecule has 2 aromatic rings. The largest absolute Gasteiger partial charge is 0.205 e. The highest BCUT2D eigenvalue weighted by atomic mass is 35.5. The van der Waals surface area contributed by atoms with Gasteiger partial charge in [0.05, 0.1) is 5.02 Å². The molecule has 0 N–H and O–H groups in total. The number of halogens is 3. The van der Waals surface area contributed by atoms with Gasteiger partial charge in [0.15, 0.2) is 0 Å². The molecule has 0 atom stereocenters. The van der Waals surface area contributed by atoms with Gasteiger partial charge < -0.3 is 0 Å². The van der Waals surface area contributed by atoms with Crippen LogP contribution in [-0.4, -0.2) is 0 Å². The second-order valence-electron chi connectivity index (χ2n) is 3.04. The van der Waals surface area contributed by atoms with E-state index in [1.54, 1.807) is 30.3 Å². The van der Waals surface area contributed by atoms with Gasteiger partial charge >= 0.3 is 0 Å². The average molecular weight is 240 g/mol. The summed E-state index contributed by atoms with van der Waals surface area (Å²) >= 11 is 11.5. The standard InChI is InChI=1S/C12H6Cl2F/c13-9-4-1-3-8(7-9)10-5-2-6-11(14)12(10)15/h1,3-7H. The van der Waals surface area contributed by atoms with E-state index in [-0.39, 0.29) is 5.02 Å². The Labute approximate surface area is 97.3 Å². The van der Waals surface area contributed by atoms with Crippen molar-refractivity contribution in [3.63, 3.8) is 0 Å². The molecule has 0 aliphatic heterocycles. The van der Waals surface area contributed by atoms with Crippen LogP contribution in [0.3, 0.4) is 0 Å². The zero-order valence-corrected chi connectivity index (χ0v) is 9.11. The molecule has 0 saturated carbocycles. The molecule has 0 aliphatic rings. The van der Waals surface area contributed by atoms with Gasteiger partial charge in [-0.3, -0.25) is 0 Å². The molecule has 1 radical (unpaired) electrons. The first-order valence-electron chi connectivity index (χ1n) is 4.29. The average Bonchev–Trinajstić information content (AvgIpc) is 2.22. The van der Waals surface area contributed by atoms with Gasteiger partial charge in [0.25, 0.3) is 0 Å². The van der Waals surface area contributed by atoms with Crippen LogP contribution in [0.15, 0.2) is 36.4 Å². The first kappa shape index (κ1) is 10.5. The van der Waals surface area contributed by atoms with Crippen molar-refractivity contribution < 1.29 is 4.39 Å². The molecule has 0 fully saturated rings. The summed E-state index contributed by atoms with van der Waals surface area (Å²) in [5.74, 6) is -0.447. The van der Waals surface area contributed by atoms with Crippen molar-refractivity contribution in [3.8, 4) is 11.1 Å². The zero-order valence-electron chi connectivity index (χ0n) is 7.60. The third kappa shape index (κ3) is 2.14. The first-order chi connectivity index (χ1) is 7.18. The van der Waals surface area contributed by atoms with E-state index in [0.717, 1.165) is 0 Å². The van der Waals surface area contributed by atoms with E-state index in [1.165, 1.54) is 6.07 Å². The van der Waals surface area contributed by atoms with Gasteiger partial charge in [-0.2, -0.15) is 0 Å². The minimum Gasteiger partial charge on any atom is -0.205 e.